The van der Waals surface area contributed by atoms with E-state index in [9.17, 15) is 9.59 Å². The van der Waals surface area contributed by atoms with Gasteiger partial charge >= 0.3 is 12.1 Å². The molecule has 1 amide bonds. The average Bonchev–Trinajstić information content (AvgIpc) is 2.42. The first-order valence-electron chi connectivity index (χ1n) is 7.00. The summed E-state index contributed by atoms with van der Waals surface area (Å²) in [5.74, 6) is -0.822. The number of carbonyl (C=O) groups is 2. The average molecular weight is 372 g/mol. The van der Waals surface area contributed by atoms with E-state index in [0.29, 0.717) is 6.42 Å². The summed E-state index contributed by atoms with van der Waals surface area (Å²) in [5.41, 5.74) is 0.417. The number of nitrogens with one attached hydrogen (secondary N) is 1. The van der Waals surface area contributed by atoms with E-state index in [1.807, 2.05) is 24.3 Å². The third-order valence-corrected chi connectivity index (χ3v) is 3.35. The molecule has 5 nitrogen and oxygen atoms in total. The van der Waals surface area contributed by atoms with Crippen molar-refractivity contribution in [3.63, 3.8) is 0 Å². The zero-order chi connectivity index (χ0) is 16.8. The van der Waals surface area contributed by atoms with Gasteiger partial charge in [-0.3, -0.25) is 4.79 Å². The summed E-state index contributed by atoms with van der Waals surface area (Å²) in [5, 5.41) is 2.61. The molecule has 0 radical (unpaired) electrons. The van der Waals surface area contributed by atoms with Crippen LogP contribution in [-0.4, -0.2) is 31.3 Å². The second kappa shape index (κ2) is 8.17. The number of benzene rings is 1. The first kappa shape index (κ1) is 18.5. The van der Waals surface area contributed by atoms with E-state index in [0.717, 1.165) is 10.0 Å². The number of halogens is 1. The molecule has 0 aromatic heterocycles. The number of ether oxygens (including phenoxy) is 2. The van der Waals surface area contributed by atoms with Crippen LogP contribution >= 0.6 is 15.9 Å². The lowest BCUT2D eigenvalue weighted by Gasteiger charge is -2.21. The number of alkyl carbamates (subject to hydrolysis) is 1. The molecule has 6 heteroatoms. The van der Waals surface area contributed by atoms with Crippen LogP contribution in [0.4, 0.5) is 4.79 Å². The maximum atomic E-state index is 11.9. The van der Waals surface area contributed by atoms with E-state index in [1.165, 1.54) is 7.11 Å². The van der Waals surface area contributed by atoms with Crippen molar-refractivity contribution in [1.82, 2.24) is 5.32 Å². The van der Waals surface area contributed by atoms with Gasteiger partial charge in [-0.25, -0.2) is 4.79 Å². The molecule has 0 aliphatic heterocycles. The van der Waals surface area contributed by atoms with Gasteiger partial charge in [-0.15, -0.1) is 0 Å². The van der Waals surface area contributed by atoms with E-state index in [2.05, 4.69) is 21.2 Å². The quantitative estimate of drug-likeness (QED) is 0.806. The molecule has 0 aliphatic carbocycles. The Labute approximate surface area is 139 Å². The fraction of sp³-hybridized carbons (Fsp3) is 0.500. The predicted molar refractivity (Wildman–Crippen MR) is 87.6 cm³/mol. The smallest absolute Gasteiger partial charge is 0.407 e. The fourth-order valence-electron chi connectivity index (χ4n) is 1.83. The summed E-state index contributed by atoms with van der Waals surface area (Å²) < 4.78 is 10.9. The Balaban J connectivity index is 2.63. The standard InChI is InChI=1S/C16H22BrNO4/c1-16(2,3)22-15(20)18-10-12(14(19)21-4)9-11-5-7-13(17)8-6-11/h5-8,12H,9-10H2,1-4H3,(H,18,20)/t12-/m1/s1. The molecule has 0 spiro atoms. The van der Waals surface area contributed by atoms with Gasteiger partial charge in [-0.05, 0) is 44.9 Å². The van der Waals surface area contributed by atoms with E-state index in [4.69, 9.17) is 9.47 Å². The summed E-state index contributed by atoms with van der Waals surface area (Å²) >= 11 is 3.37. The summed E-state index contributed by atoms with van der Waals surface area (Å²) in [6.45, 7) is 5.52. The molecule has 0 bridgehead atoms. The number of carbonyl (C=O) groups excluding carboxylic acids is 2. The van der Waals surface area contributed by atoms with Crippen LogP contribution in [0.5, 0.6) is 0 Å². The van der Waals surface area contributed by atoms with Crippen LogP contribution < -0.4 is 5.32 Å². The van der Waals surface area contributed by atoms with E-state index in [-0.39, 0.29) is 12.5 Å². The maximum Gasteiger partial charge on any atom is 0.407 e. The summed E-state index contributed by atoms with van der Waals surface area (Å²) in [6, 6.07) is 7.66. The maximum absolute atomic E-state index is 11.9. The number of rotatable bonds is 5. The summed E-state index contributed by atoms with van der Waals surface area (Å²) in [7, 11) is 1.34. The van der Waals surface area contributed by atoms with Crippen LogP contribution in [0.15, 0.2) is 28.7 Å². The molecule has 0 aliphatic rings. The van der Waals surface area contributed by atoms with E-state index < -0.39 is 17.6 Å². The highest BCUT2D eigenvalue weighted by atomic mass is 79.9. The van der Waals surface area contributed by atoms with Crippen molar-refractivity contribution in [2.45, 2.75) is 32.8 Å². The molecule has 0 unspecified atom stereocenters. The van der Waals surface area contributed by atoms with Gasteiger partial charge in [0.15, 0.2) is 0 Å². The molecule has 0 saturated heterocycles. The second-order valence-corrected chi connectivity index (χ2v) is 6.85. The number of esters is 1. The van der Waals surface area contributed by atoms with E-state index in [1.54, 1.807) is 20.8 Å². The lowest BCUT2D eigenvalue weighted by molar-refractivity contribution is -0.145. The predicted octanol–water partition coefficient (Wildman–Crippen LogP) is 3.31. The molecule has 1 rings (SSSR count). The highest BCUT2D eigenvalue weighted by Crippen LogP contribution is 2.15. The number of hydrogen-bond acceptors (Lipinski definition) is 4. The zero-order valence-electron chi connectivity index (χ0n) is 13.3. The Bertz CT molecular complexity index is 508. The minimum absolute atomic E-state index is 0.164. The summed E-state index contributed by atoms with van der Waals surface area (Å²) in [6.07, 6.45) is -0.0624. The molecule has 1 atom stereocenters. The first-order chi connectivity index (χ1) is 10.2. The lowest BCUT2D eigenvalue weighted by Crippen LogP contribution is -2.38. The van der Waals surface area contributed by atoms with Crippen LogP contribution in [0.25, 0.3) is 0 Å². The largest absolute Gasteiger partial charge is 0.469 e. The topological polar surface area (TPSA) is 64.6 Å². The molecule has 22 heavy (non-hydrogen) atoms. The highest BCUT2D eigenvalue weighted by molar-refractivity contribution is 9.10. The van der Waals surface area contributed by atoms with Crippen molar-refractivity contribution in [2.24, 2.45) is 5.92 Å². The molecule has 0 saturated carbocycles. The monoisotopic (exact) mass is 371 g/mol. The Morgan fingerprint density at radius 1 is 1.23 bits per heavy atom. The minimum Gasteiger partial charge on any atom is -0.469 e. The minimum atomic E-state index is -0.573. The molecule has 1 N–H and O–H groups in total. The van der Waals surface area contributed by atoms with Gasteiger partial charge < -0.3 is 14.8 Å². The van der Waals surface area contributed by atoms with Gasteiger partial charge in [0.25, 0.3) is 0 Å². The fourth-order valence-corrected chi connectivity index (χ4v) is 2.10. The van der Waals surface area contributed by atoms with Crippen LogP contribution in [0.3, 0.4) is 0 Å². The zero-order valence-corrected chi connectivity index (χ0v) is 14.9. The van der Waals surface area contributed by atoms with Crippen LogP contribution in [0.2, 0.25) is 0 Å². The van der Waals surface area contributed by atoms with Crippen molar-refractivity contribution in [2.75, 3.05) is 13.7 Å². The molecule has 1 aromatic carbocycles. The van der Waals surface area contributed by atoms with Crippen LogP contribution in [0, 0.1) is 5.92 Å². The van der Waals surface area contributed by atoms with Gasteiger partial charge in [0.05, 0.1) is 13.0 Å². The third-order valence-electron chi connectivity index (χ3n) is 2.82. The Hall–Kier alpha value is -1.56. The van der Waals surface area contributed by atoms with Crippen molar-refractivity contribution in [3.8, 4) is 0 Å². The normalized spacial score (nSPS) is 12.4. The first-order valence-corrected chi connectivity index (χ1v) is 7.79. The second-order valence-electron chi connectivity index (χ2n) is 5.93. The van der Waals surface area contributed by atoms with Gasteiger partial charge in [-0.1, -0.05) is 28.1 Å². The lowest BCUT2D eigenvalue weighted by atomic mass is 9.99. The number of hydrogen-bond donors (Lipinski definition) is 1. The van der Waals surface area contributed by atoms with Crippen LogP contribution in [-0.2, 0) is 20.7 Å². The molecular weight excluding hydrogens is 350 g/mol. The van der Waals surface area contributed by atoms with Crippen molar-refractivity contribution in [1.29, 1.82) is 0 Å². The molecule has 0 fully saturated rings. The van der Waals surface area contributed by atoms with Crippen LogP contribution in [0.1, 0.15) is 26.3 Å². The van der Waals surface area contributed by atoms with Crippen molar-refractivity contribution < 1.29 is 19.1 Å². The van der Waals surface area contributed by atoms with Crippen molar-refractivity contribution >= 4 is 28.0 Å². The van der Waals surface area contributed by atoms with Gasteiger partial charge in [0, 0.05) is 11.0 Å². The highest BCUT2D eigenvalue weighted by Gasteiger charge is 2.22. The van der Waals surface area contributed by atoms with Gasteiger partial charge in [-0.2, -0.15) is 0 Å². The molecule has 1 aromatic rings. The Kier molecular flexibility index (Phi) is 6.87. The number of amides is 1. The molecular formula is C16H22BrNO4. The molecule has 122 valence electrons. The summed E-state index contributed by atoms with van der Waals surface area (Å²) in [4.78, 5) is 23.5. The van der Waals surface area contributed by atoms with Gasteiger partial charge in [0.1, 0.15) is 5.60 Å². The Morgan fingerprint density at radius 2 is 1.82 bits per heavy atom. The van der Waals surface area contributed by atoms with Gasteiger partial charge in [0.2, 0.25) is 0 Å². The SMILES string of the molecule is COC(=O)[C@@H](CNC(=O)OC(C)(C)C)Cc1ccc(Br)cc1. The Morgan fingerprint density at radius 3 is 2.32 bits per heavy atom. The van der Waals surface area contributed by atoms with Crippen molar-refractivity contribution in [3.05, 3.63) is 34.3 Å². The molecule has 0 heterocycles. The number of methoxy groups -OCH3 is 1. The third kappa shape index (κ3) is 6.93. The van der Waals surface area contributed by atoms with E-state index >= 15 is 0 Å².